The van der Waals surface area contributed by atoms with Crippen LogP contribution < -0.4 is 5.32 Å². The van der Waals surface area contributed by atoms with Gasteiger partial charge in [-0.15, -0.1) is 0 Å². The monoisotopic (exact) mass is 254 g/mol. The maximum atomic E-state index is 3.59. The molecule has 1 rings (SSSR count). The molecule has 1 saturated heterocycles. The summed E-state index contributed by atoms with van der Waals surface area (Å²) in [5.74, 6) is 0. The fraction of sp³-hybridized carbons (Fsp3) is 1.00. The van der Waals surface area contributed by atoms with Crippen LogP contribution in [0.15, 0.2) is 0 Å². The van der Waals surface area contributed by atoms with Gasteiger partial charge in [0.2, 0.25) is 0 Å². The van der Waals surface area contributed by atoms with E-state index in [9.17, 15) is 0 Å². The molecule has 0 aromatic heterocycles. The van der Waals surface area contributed by atoms with Crippen molar-refractivity contribution in [1.29, 1.82) is 0 Å². The van der Waals surface area contributed by atoms with Gasteiger partial charge in [-0.05, 0) is 50.7 Å². The Hall–Kier alpha value is -0.0800. The van der Waals surface area contributed by atoms with Gasteiger partial charge in [0.05, 0.1) is 0 Å². The third-order valence-corrected chi connectivity index (χ3v) is 4.33. The molecule has 0 aromatic rings. The van der Waals surface area contributed by atoms with Crippen molar-refractivity contribution in [2.24, 2.45) is 5.41 Å². The Morgan fingerprint density at radius 2 is 1.67 bits per heavy atom. The van der Waals surface area contributed by atoms with E-state index in [1.54, 1.807) is 0 Å². The summed E-state index contributed by atoms with van der Waals surface area (Å²) in [5, 5.41) is 3.59. The molecule has 0 saturated carbocycles. The van der Waals surface area contributed by atoms with E-state index >= 15 is 0 Å². The number of unbranched alkanes of at least 4 members (excludes halogenated alkanes) is 2. The number of nitrogens with zero attached hydrogens (tertiary/aromatic N) is 1. The Labute approximate surface area is 115 Å². The summed E-state index contributed by atoms with van der Waals surface area (Å²) in [6.45, 7) is 13.4. The molecule has 0 aliphatic carbocycles. The number of hydrogen-bond acceptors (Lipinski definition) is 2. The molecular weight excluding hydrogens is 220 g/mol. The lowest BCUT2D eigenvalue weighted by Gasteiger charge is -2.35. The van der Waals surface area contributed by atoms with Gasteiger partial charge >= 0.3 is 0 Å². The lowest BCUT2D eigenvalue weighted by molar-refractivity contribution is 0.149. The first-order chi connectivity index (χ1) is 8.76. The largest absolute Gasteiger partial charge is 0.316 e. The lowest BCUT2D eigenvalue weighted by atomic mass is 9.82. The summed E-state index contributed by atoms with van der Waals surface area (Å²) >= 11 is 0. The molecular formula is C16H34N2. The van der Waals surface area contributed by atoms with Crippen LogP contribution in [0.3, 0.4) is 0 Å². The molecule has 2 heteroatoms. The molecule has 1 fully saturated rings. The Bertz CT molecular complexity index is 189. The Kier molecular flexibility index (Phi) is 7.92. The first-order valence-electron chi connectivity index (χ1n) is 8.19. The number of nitrogens with one attached hydrogen (secondary N) is 1. The van der Waals surface area contributed by atoms with E-state index in [4.69, 9.17) is 0 Å². The summed E-state index contributed by atoms with van der Waals surface area (Å²) in [4.78, 5) is 2.75. The first kappa shape index (κ1) is 16.0. The van der Waals surface area contributed by atoms with Crippen molar-refractivity contribution in [3.63, 3.8) is 0 Å². The molecule has 18 heavy (non-hydrogen) atoms. The second-order valence-corrected chi connectivity index (χ2v) is 6.16. The fourth-order valence-corrected chi connectivity index (χ4v) is 3.26. The standard InChI is InChI=1S/C16H34N2/c1-4-7-12-18(13-8-5-2)15-16(9-6-3)10-11-17-14-16/h17H,4-15H2,1-3H3. The molecule has 2 nitrogen and oxygen atoms in total. The topological polar surface area (TPSA) is 15.3 Å². The molecule has 0 amide bonds. The lowest BCUT2D eigenvalue weighted by Crippen LogP contribution is -2.40. The van der Waals surface area contributed by atoms with Gasteiger partial charge in [-0.2, -0.15) is 0 Å². The summed E-state index contributed by atoms with van der Waals surface area (Å²) in [6.07, 6.45) is 9.48. The summed E-state index contributed by atoms with van der Waals surface area (Å²) < 4.78 is 0. The van der Waals surface area contributed by atoms with E-state index < -0.39 is 0 Å². The Morgan fingerprint density at radius 3 is 2.11 bits per heavy atom. The maximum Gasteiger partial charge on any atom is 0.00506 e. The average Bonchev–Trinajstić information content (AvgIpc) is 2.82. The van der Waals surface area contributed by atoms with Crippen molar-refractivity contribution in [3.05, 3.63) is 0 Å². The molecule has 1 atom stereocenters. The van der Waals surface area contributed by atoms with Gasteiger partial charge in [-0.3, -0.25) is 0 Å². The molecule has 0 aromatic carbocycles. The zero-order chi connectivity index (χ0) is 13.3. The van der Waals surface area contributed by atoms with Gasteiger partial charge in [0.25, 0.3) is 0 Å². The van der Waals surface area contributed by atoms with E-state index in [0.717, 1.165) is 0 Å². The van der Waals surface area contributed by atoms with Gasteiger partial charge in [0.15, 0.2) is 0 Å². The molecule has 1 heterocycles. The fourth-order valence-electron chi connectivity index (χ4n) is 3.26. The van der Waals surface area contributed by atoms with Crippen LogP contribution in [0.25, 0.3) is 0 Å². The minimum Gasteiger partial charge on any atom is -0.316 e. The second kappa shape index (κ2) is 8.92. The molecule has 108 valence electrons. The van der Waals surface area contributed by atoms with E-state index in [1.165, 1.54) is 77.7 Å². The van der Waals surface area contributed by atoms with Crippen LogP contribution in [0.2, 0.25) is 0 Å². The molecule has 1 aliphatic heterocycles. The van der Waals surface area contributed by atoms with Gasteiger partial charge in [0, 0.05) is 13.1 Å². The van der Waals surface area contributed by atoms with E-state index in [1.807, 2.05) is 0 Å². The van der Waals surface area contributed by atoms with Gasteiger partial charge in [0.1, 0.15) is 0 Å². The zero-order valence-corrected chi connectivity index (χ0v) is 12.9. The molecule has 0 spiro atoms. The van der Waals surface area contributed by atoms with Crippen molar-refractivity contribution >= 4 is 0 Å². The van der Waals surface area contributed by atoms with Crippen molar-refractivity contribution < 1.29 is 0 Å². The highest BCUT2D eigenvalue weighted by atomic mass is 15.1. The van der Waals surface area contributed by atoms with Crippen LogP contribution in [-0.4, -0.2) is 37.6 Å². The Balaban J connectivity index is 2.49. The third kappa shape index (κ3) is 5.27. The highest BCUT2D eigenvalue weighted by molar-refractivity contribution is 4.90. The predicted molar refractivity (Wildman–Crippen MR) is 81.1 cm³/mol. The van der Waals surface area contributed by atoms with Crippen molar-refractivity contribution in [2.45, 2.75) is 65.7 Å². The molecule has 1 aliphatic rings. The highest BCUT2D eigenvalue weighted by Gasteiger charge is 2.34. The zero-order valence-electron chi connectivity index (χ0n) is 12.9. The maximum absolute atomic E-state index is 3.59. The smallest absolute Gasteiger partial charge is 0.00506 e. The summed E-state index contributed by atoms with van der Waals surface area (Å²) in [6, 6.07) is 0. The molecule has 1 unspecified atom stereocenters. The quantitative estimate of drug-likeness (QED) is 0.640. The van der Waals surface area contributed by atoms with Gasteiger partial charge < -0.3 is 10.2 Å². The minimum atomic E-state index is 0.580. The van der Waals surface area contributed by atoms with Crippen LogP contribution in [0, 0.1) is 5.41 Å². The van der Waals surface area contributed by atoms with Crippen LogP contribution in [0.1, 0.15) is 65.7 Å². The number of rotatable bonds is 10. The van der Waals surface area contributed by atoms with E-state index in [0.29, 0.717) is 5.41 Å². The normalized spacial score (nSPS) is 24.0. The summed E-state index contributed by atoms with van der Waals surface area (Å²) in [5.41, 5.74) is 0.580. The van der Waals surface area contributed by atoms with Crippen LogP contribution in [0.4, 0.5) is 0 Å². The predicted octanol–water partition coefficient (Wildman–Crippen LogP) is 3.67. The second-order valence-electron chi connectivity index (χ2n) is 6.16. The Morgan fingerprint density at radius 1 is 1.00 bits per heavy atom. The van der Waals surface area contributed by atoms with E-state index in [2.05, 4.69) is 31.0 Å². The summed E-state index contributed by atoms with van der Waals surface area (Å²) in [7, 11) is 0. The van der Waals surface area contributed by atoms with Crippen molar-refractivity contribution in [1.82, 2.24) is 10.2 Å². The van der Waals surface area contributed by atoms with Crippen LogP contribution in [-0.2, 0) is 0 Å². The highest BCUT2D eigenvalue weighted by Crippen LogP contribution is 2.32. The molecule has 0 bridgehead atoms. The van der Waals surface area contributed by atoms with Crippen LogP contribution in [0.5, 0.6) is 0 Å². The van der Waals surface area contributed by atoms with Crippen molar-refractivity contribution in [3.8, 4) is 0 Å². The average molecular weight is 254 g/mol. The molecule has 1 N–H and O–H groups in total. The third-order valence-electron chi connectivity index (χ3n) is 4.33. The van der Waals surface area contributed by atoms with Gasteiger partial charge in [-0.25, -0.2) is 0 Å². The SMILES string of the molecule is CCCCN(CCCC)CC1(CCC)CCNC1. The first-order valence-corrected chi connectivity index (χ1v) is 8.19. The van der Waals surface area contributed by atoms with Crippen LogP contribution >= 0.6 is 0 Å². The number of hydrogen-bond donors (Lipinski definition) is 1. The molecule has 0 radical (unpaired) electrons. The van der Waals surface area contributed by atoms with Crippen molar-refractivity contribution in [2.75, 3.05) is 32.7 Å². The minimum absolute atomic E-state index is 0.580. The van der Waals surface area contributed by atoms with E-state index in [-0.39, 0.29) is 0 Å². The van der Waals surface area contributed by atoms with Gasteiger partial charge in [-0.1, -0.05) is 40.0 Å².